The van der Waals surface area contributed by atoms with Crippen molar-refractivity contribution in [3.63, 3.8) is 0 Å². The third-order valence-electron chi connectivity index (χ3n) is 3.17. The number of aromatic amines is 1. The molecule has 2 N–H and O–H groups in total. The Kier molecular flexibility index (Phi) is 6.57. The maximum absolute atomic E-state index is 12.2. The van der Waals surface area contributed by atoms with Gasteiger partial charge >= 0.3 is 12.3 Å². The lowest BCUT2D eigenvalue weighted by Gasteiger charge is -2.12. The van der Waals surface area contributed by atoms with E-state index in [4.69, 9.17) is 0 Å². The van der Waals surface area contributed by atoms with Gasteiger partial charge in [0.05, 0.1) is 5.25 Å². The van der Waals surface area contributed by atoms with Crippen molar-refractivity contribution in [2.45, 2.75) is 43.8 Å². The number of amides is 1. The van der Waals surface area contributed by atoms with E-state index in [2.05, 4.69) is 20.3 Å². The number of halogens is 2. The fraction of sp³-hybridized carbons (Fsp3) is 0.400. The number of hydrogen-bond donors (Lipinski definition) is 2. The lowest BCUT2D eigenvalue weighted by atomic mass is 10.3. The maximum Gasteiger partial charge on any atom is 0.387 e. The second-order valence-corrected chi connectivity index (χ2v) is 6.42. The summed E-state index contributed by atoms with van der Waals surface area (Å²) in [5.74, 6) is -0.290. The summed E-state index contributed by atoms with van der Waals surface area (Å²) >= 11 is 1.15. The first-order valence-electron chi connectivity index (χ1n) is 7.58. The molecule has 1 amide bonds. The molecule has 25 heavy (non-hydrogen) atoms. The molecule has 0 saturated carbocycles. The first-order valence-corrected chi connectivity index (χ1v) is 8.46. The molecule has 7 nitrogen and oxygen atoms in total. The molecule has 136 valence electrons. The van der Waals surface area contributed by atoms with Gasteiger partial charge in [-0.1, -0.05) is 18.7 Å². The van der Waals surface area contributed by atoms with E-state index in [0.29, 0.717) is 17.4 Å². The van der Waals surface area contributed by atoms with Crippen molar-refractivity contribution in [3.05, 3.63) is 34.7 Å². The van der Waals surface area contributed by atoms with Crippen LogP contribution in [0.4, 0.5) is 14.5 Å². The molecule has 0 unspecified atom stereocenters. The molecule has 0 aliphatic rings. The highest BCUT2D eigenvalue weighted by Crippen LogP contribution is 2.22. The van der Waals surface area contributed by atoms with Gasteiger partial charge in [-0.05, 0) is 37.6 Å². The molecule has 1 heterocycles. The minimum atomic E-state index is -2.90. The molecule has 0 spiro atoms. The fourth-order valence-electron chi connectivity index (χ4n) is 1.99. The molecule has 0 aliphatic heterocycles. The van der Waals surface area contributed by atoms with Crippen molar-refractivity contribution in [3.8, 4) is 5.75 Å². The number of ether oxygens (including phenoxy) is 1. The quantitative estimate of drug-likeness (QED) is 0.696. The minimum absolute atomic E-state index is 0.00975. The summed E-state index contributed by atoms with van der Waals surface area (Å²) < 4.78 is 29.9. The van der Waals surface area contributed by atoms with Gasteiger partial charge in [0.1, 0.15) is 5.75 Å². The van der Waals surface area contributed by atoms with Crippen LogP contribution in [0.3, 0.4) is 0 Å². The number of carbonyl (C=O) groups excluding carboxylic acids is 1. The third-order valence-corrected chi connectivity index (χ3v) is 4.26. The molecule has 1 aromatic carbocycles. The minimum Gasteiger partial charge on any atom is -0.435 e. The van der Waals surface area contributed by atoms with Crippen LogP contribution in [0.5, 0.6) is 5.75 Å². The largest absolute Gasteiger partial charge is 0.435 e. The number of carbonyl (C=O) groups is 1. The number of nitrogens with zero attached hydrogens (tertiary/aromatic N) is 2. The number of alkyl halides is 2. The lowest BCUT2D eigenvalue weighted by molar-refractivity contribution is -0.115. The van der Waals surface area contributed by atoms with Gasteiger partial charge in [0.15, 0.2) is 5.16 Å². The number of rotatable bonds is 8. The second-order valence-electron chi connectivity index (χ2n) is 5.12. The van der Waals surface area contributed by atoms with Crippen LogP contribution in [0, 0.1) is 0 Å². The molecule has 0 radical (unpaired) electrons. The zero-order valence-corrected chi connectivity index (χ0v) is 14.5. The van der Waals surface area contributed by atoms with E-state index in [9.17, 15) is 18.4 Å². The van der Waals surface area contributed by atoms with Crippen LogP contribution in [-0.4, -0.2) is 32.5 Å². The second kappa shape index (κ2) is 8.65. The first-order chi connectivity index (χ1) is 11.9. The van der Waals surface area contributed by atoms with Crippen molar-refractivity contribution < 1.29 is 18.3 Å². The Morgan fingerprint density at radius 2 is 2.08 bits per heavy atom. The number of H-pyrrole nitrogens is 1. The topological polar surface area (TPSA) is 89.0 Å². The zero-order chi connectivity index (χ0) is 18.4. The Hall–Kier alpha value is -2.36. The van der Waals surface area contributed by atoms with Crippen molar-refractivity contribution >= 4 is 23.4 Å². The molecule has 0 fully saturated rings. The standard InChI is InChI=1S/C15H18F2N4O3S/c1-3-8-21-14(23)19-20-15(21)25-9(2)12(22)18-10-4-6-11(7-5-10)24-13(16)17/h4-7,9,13H,3,8H2,1-2H3,(H,18,22)(H,19,23)/t9-/m1/s1. The van der Waals surface area contributed by atoms with E-state index in [-0.39, 0.29) is 17.3 Å². The van der Waals surface area contributed by atoms with Crippen molar-refractivity contribution in [2.24, 2.45) is 0 Å². The smallest absolute Gasteiger partial charge is 0.387 e. The van der Waals surface area contributed by atoms with Crippen LogP contribution in [0.1, 0.15) is 20.3 Å². The Balaban J connectivity index is 1.97. The number of aromatic nitrogens is 3. The van der Waals surface area contributed by atoms with E-state index < -0.39 is 11.9 Å². The monoisotopic (exact) mass is 372 g/mol. The Morgan fingerprint density at radius 3 is 2.68 bits per heavy atom. The SMILES string of the molecule is CCCn1c(S[C@H](C)C(=O)Nc2ccc(OC(F)F)cc2)n[nH]c1=O. The average Bonchev–Trinajstić information content (AvgIpc) is 2.90. The van der Waals surface area contributed by atoms with Gasteiger partial charge in [0.2, 0.25) is 5.91 Å². The van der Waals surface area contributed by atoms with Gasteiger partial charge in [0.25, 0.3) is 0 Å². The van der Waals surface area contributed by atoms with E-state index in [1.807, 2.05) is 6.92 Å². The highest BCUT2D eigenvalue weighted by Gasteiger charge is 2.19. The molecule has 1 aromatic heterocycles. The molecule has 10 heteroatoms. The van der Waals surface area contributed by atoms with E-state index in [1.54, 1.807) is 6.92 Å². The molecule has 0 bridgehead atoms. The summed E-state index contributed by atoms with van der Waals surface area (Å²) in [6, 6.07) is 5.61. The van der Waals surface area contributed by atoms with Gasteiger partial charge in [-0.25, -0.2) is 9.89 Å². The van der Waals surface area contributed by atoms with Gasteiger partial charge in [-0.15, -0.1) is 5.10 Å². The zero-order valence-electron chi connectivity index (χ0n) is 13.7. The molecule has 0 aliphatic carbocycles. The molecule has 2 aromatic rings. The number of hydrogen-bond acceptors (Lipinski definition) is 5. The summed E-state index contributed by atoms with van der Waals surface area (Å²) in [6.07, 6.45) is 0.764. The van der Waals surface area contributed by atoms with Crippen LogP contribution in [0.25, 0.3) is 0 Å². The molecule has 2 rings (SSSR count). The van der Waals surface area contributed by atoms with Crippen LogP contribution in [0.15, 0.2) is 34.2 Å². The van der Waals surface area contributed by atoms with Crippen molar-refractivity contribution in [1.29, 1.82) is 0 Å². The molecular formula is C15H18F2N4O3S. The number of thioether (sulfide) groups is 1. The fourth-order valence-corrected chi connectivity index (χ4v) is 2.87. The van der Waals surface area contributed by atoms with Crippen molar-refractivity contribution in [1.82, 2.24) is 14.8 Å². The third kappa shape index (κ3) is 5.31. The van der Waals surface area contributed by atoms with Gasteiger partial charge in [0, 0.05) is 12.2 Å². The van der Waals surface area contributed by atoms with E-state index >= 15 is 0 Å². The van der Waals surface area contributed by atoms with Crippen LogP contribution in [0.2, 0.25) is 0 Å². The summed E-state index contributed by atoms with van der Waals surface area (Å²) in [5, 5.41) is 8.89. The molecule has 0 saturated heterocycles. The first kappa shape index (κ1) is 19.0. The summed E-state index contributed by atoms with van der Waals surface area (Å²) in [4.78, 5) is 23.9. The Morgan fingerprint density at radius 1 is 1.40 bits per heavy atom. The van der Waals surface area contributed by atoms with Crippen LogP contribution in [-0.2, 0) is 11.3 Å². The van der Waals surface area contributed by atoms with E-state index in [0.717, 1.165) is 18.2 Å². The number of benzene rings is 1. The molecular weight excluding hydrogens is 354 g/mol. The van der Waals surface area contributed by atoms with Gasteiger partial charge in [-0.3, -0.25) is 9.36 Å². The molecule has 1 atom stereocenters. The van der Waals surface area contributed by atoms with Crippen LogP contribution >= 0.6 is 11.8 Å². The van der Waals surface area contributed by atoms with Crippen LogP contribution < -0.4 is 15.7 Å². The van der Waals surface area contributed by atoms with E-state index in [1.165, 1.54) is 28.8 Å². The highest BCUT2D eigenvalue weighted by atomic mass is 32.2. The summed E-state index contributed by atoms with van der Waals surface area (Å²) in [6.45, 7) is 1.23. The maximum atomic E-state index is 12.2. The predicted octanol–water partition coefficient (Wildman–Crippen LogP) is 2.70. The normalized spacial score (nSPS) is 12.2. The number of nitrogens with one attached hydrogen (secondary N) is 2. The number of anilines is 1. The Bertz CT molecular complexity index is 761. The predicted molar refractivity (Wildman–Crippen MR) is 90.2 cm³/mol. The average molecular weight is 372 g/mol. The lowest BCUT2D eigenvalue weighted by Crippen LogP contribution is -2.24. The van der Waals surface area contributed by atoms with Crippen molar-refractivity contribution in [2.75, 3.05) is 5.32 Å². The summed E-state index contributed by atoms with van der Waals surface area (Å²) in [7, 11) is 0. The van der Waals surface area contributed by atoms with Gasteiger partial charge < -0.3 is 10.1 Å². The highest BCUT2D eigenvalue weighted by molar-refractivity contribution is 8.00. The Labute approximate surface area is 146 Å². The summed E-state index contributed by atoms with van der Waals surface area (Å²) in [5.41, 5.74) is 0.138. The van der Waals surface area contributed by atoms with Gasteiger partial charge in [-0.2, -0.15) is 8.78 Å².